The van der Waals surface area contributed by atoms with Crippen LogP contribution in [0.2, 0.25) is 0 Å². The molecule has 0 spiro atoms. The minimum Gasteiger partial charge on any atom is -0.508 e. The number of hydrogen-bond donors (Lipinski definition) is 2. The van der Waals surface area contributed by atoms with Gasteiger partial charge in [0.15, 0.2) is 0 Å². The molecule has 0 fully saturated rings. The largest absolute Gasteiger partial charge is 0.573 e. The molecule has 1 aromatic carbocycles. The molecule has 0 aliphatic heterocycles. The summed E-state index contributed by atoms with van der Waals surface area (Å²) < 4.78 is 39.8. The van der Waals surface area contributed by atoms with E-state index in [1.807, 2.05) is 0 Å². The summed E-state index contributed by atoms with van der Waals surface area (Å²) in [4.78, 5) is 10.5. The Morgan fingerprint density at radius 3 is 2.59 bits per heavy atom. The third-order valence-corrected chi connectivity index (χ3v) is 1.65. The van der Waals surface area contributed by atoms with Gasteiger partial charge in [0, 0.05) is 11.6 Å². The maximum Gasteiger partial charge on any atom is 0.573 e. The summed E-state index contributed by atoms with van der Waals surface area (Å²) in [6, 6.07) is 2.98. The number of primary amides is 1. The summed E-state index contributed by atoms with van der Waals surface area (Å²) in [5.74, 6) is -1.62. The summed E-state index contributed by atoms with van der Waals surface area (Å²) in [6.45, 7) is 0. The lowest BCUT2D eigenvalue weighted by molar-refractivity contribution is -0.274. The maximum absolute atomic E-state index is 12.0. The lowest BCUT2D eigenvalue weighted by Gasteiger charge is -2.11. The SMILES string of the molecule is NC(=O)C=Cc1cc(O)ccc1OC(F)(F)F. The number of alkyl halides is 3. The van der Waals surface area contributed by atoms with E-state index in [9.17, 15) is 18.0 Å². The molecule has 0 bridgehead atoms. The molecule has 1 amide bonds. The molecular weight excluding hydrogens is 239 g/mol. The second kappa shape index (κ2) is 4.77. The van der Waals surface area contributed by atoms with Crippen molar-refractivity contribution in [3.05, 3.63) is 29.8 Å². The Labute approximate surface area is 94.1 Å². The molecule has 0 atom stereocenters. The third kappa shape index (κ3) is 4.45. The zero-order valence-corrected chi connectivity index (χ0v) is 8.36. The molecule has 1 rings (SSSR count). The van der Waals surface area contributed by atoms with Crippen molar-refractivity contribution in [2.75, 3.05) is 0 Å². The summed E-state index contributed by atoms with van der Waals surface area (Å²) in [6.07, 6.45) is -2.98. The molecule has 1 aromatic rings. The van der Waals surface area contributed by atoms with E-state index in [1.165, 1.54) is 0 Å². The first-order chi connectivity index (χ1) is 7.78. The fourth-order valence-electron chi connectivity index (χ4n) is 1.06. The highest BCUT2D eigenvalue weighted by atomic mass is 19.4. The number of halogens is 3. The summed E-state index contributed by atoms with van der Waals surface area (Å²) >= 11 is 0. The minimum atomic E-state index is -4.85. The van der Waals surface area contributed by atoms with Crippen molar-refractivity contribution in [1.82, 2.24) is 0 Å². The molecule has 92 valence electrons. The Balaban J connectivity index is 3.08. The van der Waals surface area contributed by atoms with Crippen LogP contribution in [0.4, 0.5) is 13.2 Å². The topological polar surface area (TPSA) is 72.6 Å². The number of benzene rings is 1. The number of phenols is 1. The maximum atomic E-state index is 12.0. The molecule has 7 heteroatoms. The van der Waals surface area contributed by atoms with Gasteiger partial charge < -0.3 is 15.6 Å². The first kappa shape index (κ1) is 12.9. The van der Waals surface area contributed by atoms with Crippen LogP contribution < -0.4 is 10.5 Å². The second-order valence-corrected chi connectivity index (χ2v) is 3.01. The molecule has 0 heterocycles. The van der Waals surface area contributed by atoms with E-state index in [0.717, 1.165) is 30.4 Å². The van der Waals surface area contributed by atoms with E-state index in [2.05, 4.69) is 4.74 Å². The molecule has 0 radical (unpaired) electrons. The Bertz CT molecular complexity index is 455. The average Bonchev–Trinajstić information content (AvgIpc) is 2.16. The average molecular weight is 247 g/mol. The van der Waals surface area contributed by atoms with Crippen LogP contribution in [0.15, 0.2) is 24.3 Å². The number of ether oxygens (including phenoxy) is 1. The van der Waals surface area contributed by atoms with E-state index in [-0.39, 0.29) is 11.3 Å². The Hall–Kier alpha value is -2.18. The zero-order valence-electron chi connectivity index (χ0n) is 8.36. The molecule has 17 heavy (non-hydrogen) atoms. The van der Waals surface area contributed by atoms with Crippen molar-refractivity contribution >= 4 is 12.0 Å². The number of aromatic hydroxyl groups is 1. The van der Waals surface area contributed by atoms with Gasteiger partial charge >= 0.3 is 6.36 Å². The minimum absolute atomic E-state index is 0.110. The number of carbonyl (C=O) groups excluding carboxylic acids is 1. The Morgan fingerprint density at radius 1 is 1.41 bits per heavy atom. The van der Waals surface area contributed by atoms with Crippen molar-refractivity contribution in [2.45, 2.75) is 6.36 Å². The van der Waals surface area contributed by atoms with Gasteiger partial charge in [-0.2, -0.15) is 0 Å². The van der Waals surface area contributed by atoms with Crippen LogP contribution in [-0.4, -0.2) is 17.4 Å². The van der Waals surface area contributed by atoms with Gasteiger partial charge in [-0.3, -0.25) is 4.79 Å². The molecule has 0 saturated heterocycles. The van der Waals surface area contributed by atoms with Crippen molar-refractivity contribution in [3.63, 3.8) is 0 Å². The molecule has 0 aromatic heterocycles. The lowest BCUT2D eigenvalue weighted by atomic mass is 10.1. The first-order valence-corrected chi connectivity index (χ1v) is 4.34. The predicted octanol–water partition coefficient (Wildman–Crippen LogP) is 1.79. The van der Waals surface area contributed by atoms with Gasteiger partial charge in [0.25, 0.3) is 0 Å². The normalized spacial score (nSPS) is 11.7. The summed E-state index contributed by atoms with van der Waals surface area (Å²) in [5, 5.41) is 9.11. The van der Waals surface area contributed by atoms with Gasteiger partial charge in [0.1, 0.15) is 11.5 Å². The number of nitrogens with two attached hydrogens (primary N) is 1. The van der Waals surface area contributed by atoms with E-state index in [1.54, 1.807) is 0 Å². The number of carbonyl (C=O) groups is 1. The number of rotatable bonds is 3. The monoisotopic (exact) mass is 247 g/mol. The van der Waals surface area contributed by atoms with Crippen LogP contribution in [0.25, 0.3) is 6.08 Å². The van der Waals surface area contributed by atoms with Gasteiger partial charge in [0.2, 0.25) is 5.91 Å². The highest BCUT2D eigenvalue weighted by Gasteiger charge is 2.31. The van der Waals surface area contributed by atoms with Crippen molar-refractivity contribution < 1.29 is 27.8 Å². The molecule has 0 aliphatic carbocycles. The van der Waals surface area contributed by atoms with E-state index >= 15 is 0 Å². The fourth-order valence-corrected chi connectivity index (χ4v) is 1.06. The fraction of sp³-hybridized carbons (Fsp3) is 0.100. The number of hydrogen-bond acceptors (Lipinski definition) is 3. The standard InChI is InChI=1S/C10H8F3NO3/c11-10(12,13)17-8-3-2-7(15)5-6(8)1-4-9(14)16/h1-5,15H,(H2,14,16). The predicted molar refractivity (Wildman–Crippen MR) is 53.0 cm³/mol. The smallest absolute Gasteiger partial charge is 0.508 e. The molecular formula is C10H8F3NO3. The van der Waals surface area contributed by atoms with Crippen LogP contribution in [0.3, 0.4) is 0 Å². The Kier molecular flexibility index (Phi) is 3.62. The molecule has 0 unspecified atom stereocenters. The van der Waals surface area contributed by atoms with Crippen LogP contribution in [0.5, 0.6) is 11.5 Å². The summed E-state index contributed by atoms with van der Waals surface area (Å²) in [5.41, 5.74) is 4.69. The summed E-state index contributed by atoms with van der Waals surface area (Å²) in [7, 11) is 0. The van der Waals surface area contributed by atoms with E-state index in [4.69, 9.17) is 10.8 Å². The van der Waals surface area contributed by atoms with Gasteiger partial charge in [0.05, 0.1) is 0 Å². The van der Waals surface area contributed by atoms with Crippen molar-refractivity contribution in [1.29, 1.82) is 0 Å². The third-order valence-electron chi connectivity index (χ3n) is 1.65. The van der Waals surface area contributed by atoms with Crippen LogP contribution in [-0.2, 0) is 4.79 Å². The van der Waals surface area contributed by atoms with Gasteiger partial charge in [-0.15, -0.1) is 13.2 Å². The van der Waals surface area contributed by atoms with Gasteiger partial charge in [-0.05, 0) is 24.3 Å². The van der Waals surface area contributed by atoms with Gasteiger partial charge in [-0.25, -0.2) is 0 Å². The molecule has 0 saturated carbocycles. The molecule has 3 N–H and O–H groups in total. The van der Waals surface area contributed by atoms with Crippen LogP contribution in [0, 0.1) is 0 Å². The molecule has 4 nitrogen and oxygen atoms in total. The van der Waals surface area contributed by atoms with Crippen LogP contribution in [0.1, 0.15) is 5.56 Å². The number of amides is 1. The molecule has 0 aliphatic rings. The van der Waals surface area contributed by atoms with E-state index in [0.29, 0.717) is 0 Å². The van der Waals surface area contributed by atoms with Crippen molar-refractivity contribution in [2.24, 2.45) is 5.73 Å². The van der Waals surface area contributed by atoms with Crippen molar-refractivity contribution in [3.8, 4) is 11.5 Å². The highest BCUT2D eigenvalue weighted by molar-refractivity contribution is 5.90. The van der Waals surface area contributed by atoms with Gasteiger partial charge in [-0.1, -0.05) is 0 Å². The Morgan fingerprint density at radius 2 is 2.06 bits per heavy atom. The first-order valence-electron chi connectivity index (χ1n) is 4.34. The van der Waals surface area contributed by atoms with Crippen LogP contribution >= 0.6 is 0 Å². The quantitative estimate of drug-likeness (QED) is 0.800. The lowest BCUT2D eigenvalue weighted by Crippen LogP contribution is -2.17. The number of phenolic OH excluding ortho intramolecular Hbond substituents is 1. The second-order valence-electron chi connectivity index (χ2n) is 3.01. The highest BCUT2D eigenvalue weighted by Crippen LogP contribution is 2.29. The van der Waals surface area contributed by atoms with E-state index < -0.39 is 18.0 Å². The zero-order chi connectivity index (χ0) is 13.1.